The molecule has 0 aliphatic heterocycles. The van der Waals surface area contributed by atoms with Gasteiger partial charge in [-0.2, -0.15) is 0 Å². The summed E-state index contributed by atoms with van der Waals surface area (Å²) in [6.45, 7) is 0. The van der Waals surface area contributed by atoms with Gasteiger partial charge in [0.1, 0.15) is 11.5 Å². The summed E-state index contributed by atoms with van der Waals surface area (Å²) in [5, 5.41) is 2.74. The molecular formula is C21H17F3N2O3. The first kappa shape index (κ1) is 20.1. The molecule has 0 heterocycles. The minimum absolute atomic E-state index is 0.315. The fourth-order valence-electron chi connectivity index (χ4n) is 2.63. The summed E-state index contributed by atoms with van der Waals surface area (Å²) in [4.78, 5) is 12.5. The number of ether oxygens (including phenoxy) is 2. The van der Waals surface area contributed by atoms with E-state index < -0.39 is 6.36 Å². The molecule has 0 aliphatic rings. The number of amides is 1. The van der Waals surface area contributed by atoms with Crippen LogP contribution in [0, 0.1) is 0 Å². The average Bonchev–Trinajstić information content (AvgIpc) is 2.69. The monoisotopic (exact) mass is 402 g/mol. The van der Waals surface area contributed by atoms with Crippen LogP contribution in [0.3, 0.4) is 0 Å². The van der Waals surface area contributed by atoms with E-state index in [2.05, 4.69) is 10.1 Å². The number of methoxy groups -OCH3 is 1. The van der Waals surface area contributed by atoms with Gasteiger partial charge in [0, 0.05) is 5.56 Å². The first-order valence-corrected chi connectivity index (χ1v) is 8.46. The molecule has 1 amide bonds. The molecule has 150 valence electrons. The molecule has 0 bridgehead atoms. The number of nitrogens with one attached hydrogen (secondary N) is 1. The van der Waals surface area contributed by atoms with E-state index in [1.165, 1.54) is 31.4 Å². The molecule has 3 aromatic rings. The van der Waals surface area contributed by atoms with Crippen LogP contribution in [0.5, 0.6) is 11.5 Å². The van der Waals surface area contributed by atoms with Gasteiger partial charge in [-0.25, -0.2) is 0 Å². The molecule has 0 aromatic heterocycles. The summed E-state index contributed by atoms with van der Waals surface area (Å²) in [5.74, 6) is -0.0452. The van der Waals surface area contributed by atoms with Crippen LogP contribution >= 0.6 is 0 Å². The molecule has 3 rings (SSSR count). The molecule has 0 fully saturated rings. The van der Waals surface area contributed by atoms with E-state index in [4.69, 9.17) is 10.5 Å². The lowest BCUT2D eigenvalue weighted by Crippen LogP contribution is -2.16. The zero-order valence-electron chi connectivity index (χ0n) is 15.3. The molecule has 0 unspecified atom stereocenters. The highest BCUT2D eigenvalue weighted by atomic mass is 19.4. The van der Waals surface area contributed by atoms with Gasteiger partial charge in [-0.3, -0.25) is 4.79 Å². The van der Waals surface area contributed by atoms with Crippen molar-refractivity contribution in [2.75, 3.05) is 18.2 Å². The van der Waals surface area contributed by atoms with Crippen LogP contribution in [0.15, 0.2) is 66.7 Å². The van der Waals surface area contributed by atoms with Gasteiger partial charge in [0.25, 0.3) is 5.91 Å². The van der Waals surface area contributed by atoms with Crippen molar-refractivity contribution >= 4 is 17.3 Å². The quantitative estimate of drug-likeness (QED) is 0.583. The molecule has 0 spiro atoms. The first-order chi connectivity index (χ1) is 13.7. The molecule has 3 N–H and O–H groups in total. The Kier molecular flexibility index (Phi) is 5.63. The van der Waals surface area contributed by atoms with Gasteiger partial charge in [0.15, 0.2) is 0 Å². The zero-order valence-corrected chi connectivity index (χ0v) is 15.3. The Labute approximate surface area is 164 Å². The van der Waals surface area contributed by atoms with Crippen molar-refractivity contribution in [1.29, 1.82) is 0 Å². The topological polar surface area (TPSA) is 73.6 Å². The Hall–Kier alpha value is -3.68. The van der Waals surface area contributed by atoms with Gasteiger partial charge in [-0.05, 0) is 59.7 Å². The smallest absolute Gasteiger partial charge is 0.497 e. The zero-order chi connectivity index (χ0) is 21.0. The highest BCUT2D eigenvalue weighted by Crippen LogP contribution is 2.30. The van der Waals surface area contributed by atoms with E-state index in [9.17, 15) is 18.0 Å². The minimum atomic E-state index is -4.75. The van der Waals surface area contributed by atoms with Crippen LogP contribution < -0.4 is 20.5 Å². The summed E-state index contributed by atoms with van der Waals surface area (Å²) in [6, 6.07) is 16.9. The molecule has 0 saturated heterocycles. The molecule has 29 heavy (non-hydrogen) atoms. The lowest BCUT2D eigenvalue weighted by Gasteiger charge is -2.12. The van der Waals surface area contributed by atoms with E-state index in [0.717, 1.165) is 0 Å². The molecule has 0 atom stereocenters. The average molecular weight is 402 g/mol. The third kappa shape index (κ3) is 5.19. The second-order valence-electron chi connectivity index (χ2n) is 6.06. The third-order valence-corrected chi connectivity index (χ3v) is 4.07. The Balaban J connectivity index is 1.79. The Morgan fingerprint density at radius 1 is 0.897 bits per heavy atom. The second-order valence-corrected chi connectivity index (χ2v) is 6.06. The summed E-state index contributed by atoms with van der Waals surface area (Å²) < 4.78 is 45.8. The van der Waals surface area contributed by atoms with Crippen molar-refractivity contribution in [2.45, 2.75) is 6.36 Å². The lowest BCUT2D eigenvalue weighted by atomic mass is 10.0. The Morgan fingerprint density at radius 2 is 1.48 bits per heavy atom. The maximum atomic E-state index is 12.5. The number of nitrogen functional groups attached to an aromatic ring is 1. The number of halogens is 3. The fourth-order valence-corrected chi connectivity index (χ4v) is 2.63. The van der Waals surface area contributed by atoms with E-state index in [-0.39, 0.29) is 11.7 Å². The SMILES string of the molecule is COc1ccc(C(=O)Nc2cc(-c3ccc(OC(F)(F)F)cc3)ccc2N)cc1. The molecule has 8 heteroatoms. The fraction of sp³-hybridized carbons (Fsp3) is 0.0952. The van der Waals surface area contributed by atoms with Gasteiger partial charge < -0.3 is 20.5 Å². The minimum Gasteiger partial charge on any atom is -0.497 e. The summed E-state index contributed by atoms with van der Waals surface area (Å²) >= 11 is 0. The van der Waals surface area contributed by atoms with Gasteiger partial charge in [0.2, 0.25) is 0 Å². The van der Waals surface area contributed by atoms with Gasteiger partial charge in [-0.15, -0.1) is 13.2 Å². The molecule has 0 aliphatic carbocycles. The van der Waals surface area contributed by atoms with Crippen LogP contribution in [0.2, 0.25) is 0 Å². The van der Waals surface area contributed by atoms with E-state index in [1.807, 2.05) is 0 Å². The van der Waals surface area contributed by atoms with E-state index in [1.54, 1.807) is 42.5 Å². The summed E-state index contributed by atoms with van der Waals surface area (Å²) in [5.41, 5.74) is 8.42. The maximum absolute atomic E-state index is 12.5. The summed E-state index contributed by atoms with van der Waals surface area (Å²) in [7, 11) is 1.53. The Bertz CT molecular complexity index is 1000. The summed E-state index contributed by atoms with van der Waals surface area (Å²) in [6.07, 6.45) is -4.75. The number of benzene rings is 3. The van der Waals surface area contributed by atoms with Crippen molar-refractivity contribution in [3.8, 4) is 22.6 Å². The molecular weight excluding hydrogens is 385 g/mol. The number of anilines is 2. The predicted octanol–water partition coefficient (Wildman–Crippen LogP) is 5.10. The van der Waals surface area contributed by atoms with Crippen molar-refractivity contribution in [3.05, 3.63) is 72.3 Å². The van der Waals surface area contributed by atoms with Crippen LogP contribution in [0.25, 0.3) is 11.1 Å². The molecule has 5 nitrogen and oxygen atoms in total. The number of nitrogens with two attached hydrogens (primary N) is 1. The number of carbonyl (C=O) groups is 1. The van der Waals surface area contributed by atoms with Crippen LogP contribution in [-0.4, -0.2) is 19.4 Å². The molecule has 3 aromatic carbocycles. The van der Waals surface area contributed by atoms with Crippen LogP contribution in [0.1, 0.15) is 10.4 Å². The van der Waals surface area contributed by atoms with Gasteiger partial charge >= 0.3 is 6.36 Å². The van der Waals surface area contributed by atoms with Crippen molar-refractivity contribution in [2.24, 2.45) is 0 Å². The van der Waals surface area contributed by atoms with Crippen LogP contribution in [-0.2, 0) is 0 Å². The second kappa shape index (κ2) is 8.14. The normalized spacial score (nSPS) is 11.0. The van der Waals surface area contributed by atoms with Gasteiger partial charge in [-0.1, -0.05) is 18.2 Å². The number of rotatable bonds is 5. The molecule has 0 radical (unpaired) electrons. The number of carbonyl (C=O) groups excluding carboxylic acids is 1. The number of hydrogen-bond donors (Lipinski definition) is 2. The van der Waals surface area contributed by atoms with Crippen molar-refractivity contribution < 1.29 is 27.4 Å². The van der Waals surface area contributed by atoms with Gasteiger partial charge in [0.05, 0.1) is 18.5 Å². The third-order valence-electron chi connectivity index (χ3n) is 4.07. The first-order valence-electron chi connectivity index (χ1n) is 8.46. The predicted molar refractivity (Wildman–Crippen MR) is 104 cm³/mol. The largest absolute Gasteiger partial charge is 0.573 e. The Morgan fingerprint density at radius 3 is 2.07 bits per heavy atom. The van der Waals surface area contributed by atoms with Crippen molar-refractivity contribution in [1.82, 2.24) is 0 Å². The highest BCUT2D eigenvalue weighted by Gasteiger charge is 2.30. The molecule has 0 saturated carbocycles. The number of alkyl halides is 3. The maximum Gasteiger partial charge on any atom is 0.573 e. The van der Waals surface area contributed by atoms with Crippen LogP contribution in [0.4, 0.5) is 24.5 Å². The van der Waals surface area contributed by atoms with Crippen molar-refractivity contribution in [3.63, 3.8) is 0 Å². The number of hydrogen-bond acceptors (Lipinski definition) is 4. The van der Waals surface area contributed by atoms with E-state index in [0.29, 0.717) is 33.8 Å². The highest BCUT2D eigenvalue weighted by molar-refractivity contribution is 6.06. The standard InChI is InChI=1S/C21H17F3N2O3/c1-28-16-7-4-14(5-8-16)20(27)26-19-12-15(6-11-18(19)25)13-2-9-17(10-3-13)29-21(22,23)24/h2-12H,25H2,1H3,(H,26,27). The van der Waals surface area contributed by atoms with E-state index >= 15 is 0 Å². The lowest BCUT2D eigenvalue weighted by molar-refractivity contribution is -0.274.